The molecule has 0 aromatic carbocycles. The molecule has 156 valence electrons. The lowest BCUT2D eigenvalue weighted by atomic mass is 9.99. The molecular weight excluding hydrogens is 374 g/mol. The van der Waals surface area contributed by atoms with Gasteiger partial charge in [-0.2, -0.15) is 11.8 Å². The summed E-state index contributed by atoms with van der Waals surface area (Å²) in [5.74, 6) is 0.750. The van der Waals surface area contributed by atoms with Crippen LogP contribution in [0, 0.1) is 0 Å². The second kappa shape index (κ2) is 9.16. The fourth-order valence-corrected chi connectivity index (χ4v) is 4.23. The minimum Gasteiger partial charge on any atom is -0.444 e. The number of hydrogen-bond acceptors (Lipinski definition) is 5. The third-order valence-corrected chi connectivity index (χ3v) is 5.62. The van der Waals surface area contributed by atoms with Gasteiger partial charge >= 0.3 is 6.09 Å². The highest BCUT2D eigenvalue weighted by atomic mass is 32.2. The van der Waals surface area contributed by atoms with Gasteiger partial charge in [0.2, 0.25) is 5.91 Å². The number of hydrogen-bond donors (Lipinski definition) is 1. The quantitative estimate of drug-likeness (QED) is 0.817. The summed E-state index contributed by atoms with van der Waals surface area (Å²) < 4.78 is 5.55. The fourth-order valence-electron chi connectivity index (χ4n) is 3.02. The molecule has 2 atom stereocenters. The Balaban J connectivity index is 2.07. The van der Waals surface area contributed by atoms with Gasteiger partial charge in [0, 0.05) is 35.5 Å². The van der Waals surface area contributed by atoms with E-state index in [1.165, 1.54) is 5.56 Å². The zero-order valence-corrected chi connectivity index (χ0v) is 18.6. The van der Waals surface area contributed by atoms with Crippen LogP contribution in [0.2, 0.25) is 0 Å². The Bertz CT molecular complexity index is 668. The van der Waals surface area contributed by atoms with E-state index in [-0.39, 0.29) is 11.4 Å². The van der Waals surface area contributed by atoms with E-state index in [4.69, 9.17) is 4.74 Å². The molecule has 28 heavy (non-hydrogen) atoms. The van der Waals surface area contributed by atoms with Crippen LogP contribution in [0.1, 0.15) is 59.9 Å². The largest absolute Gasteiger partial charge is 0.444 e. The Morgan fingerprint density at radius 1 is 1.21 bits per heavy atom. The topological polar surface area (TPSA) is 71.5 Å². The zero-order valence-electron chi connectivity index (χ0n) is 17.8. The SMILES string of the molecule is CC(C)(C)NC(=O)[C@@H]1C[C@H](SCc2ccncc2)CCN1C(=O)OC(C)(C)C. The summed E-state index contributed by atoms with van der Waals surface area (Å²) in [5, 5.41) is 3.33. The van der Waals surface area contributed by atoms with Crippen molar-refractivity contribution < 1.29 is 14.3 Å². The van der Waals surface area contributed by atoms with E-state index in [0.717, 1.165) is 12.2 Å². The Hall–Kier alpha value is -1.76. The van der Waals surface area contributed by atoms with Crippen molar-refractivity contribution in [2.24, 2.45) is 0 Å². The number of piperidine rings is 1. The number of amides is 2. The van der Waals surface area contributed by atoms with Gasteiger partial charge in [0.1, 0.15) is 11.6 Å². The van der Waals surface area contributed by atoms with Crippen LogP contribution in [0.15, 0.2) is 24.5 Å². The molecule has 0 radical (unpaired) electrons. The molecular formula is C21H33N3O3S. The summed E-state index contributed by atoms with van der Waals surface area (Å²) in [6, 6.07) is 3.50. The van der Waals surface area contributed by atoms with Crippen LogP contribution in [0.25, 0.3) is 0 Å². The molecule has 0 bridgehead atoms. The van der Waals surface area contributed by atoms with Crippen LogP contribution in [0.5, 0.6) is 0 Å². The van der Waals surface area contributed by atoms with Crippen LogP contribution in [0.4, 0.5) is 4.79 Å². The third-order valence-electron chi connectivity index (χ3n) is 4.22. The molecule has 2 amide bonds. The first-order valence-corrected chi connectivity index (χ1v) is 10.8. The average molecular weight is 408 g/mol. The van der Waals surface area contributed by atoms with Crippen molar-refractivity contribution in [2.75, 3.05) is 6.54 Å². The van der Waals surface area contributed by atoms with E-state index in [1.54, 1.807) is 17.3 Å². The van der Waals surface area contributed by atoms with Crippen molar-refractivity contribution in [3.8, 4) is 0 Å². The number of nitrogens with zero attached hydrogens (tertiary/aromatic N) is 2. The van der Waals surface area contributed by atoms with E-state index >= 15 is 0 Å². The van der Waals surface area contributed by atoms with E-state index in [2.05, 4.69) is 10.3 Å². The lowest BCUT2D eigenvalue weighted by Gasteiger charge is -2.40. The number of thioether (sulfide) groups is 1. The first kappa shape index (κ1) is 22.5. The molecule has 1 fully saturated rings. The van der Waals surface area contributed by atoms with Gasteiger partial charge in [-0.25, -0.2) is 4.79 Å². The van der Waals surface area contributed by atoms with Crippen LogP contribution >= 0.6 is 11.8 Å². The third kappa shape index (κ3) is 7.34. The van der Waals surface area contributed by atoms with Gasteiger partial charge in [0.25, 0.3) is 0 Å². The summed E-state index contributed by atoms with van der Waals surface area (Å²) in [6.45, 7) is 11.9. The van der Waals surface area contributed by atoms with Crippen molar-refractivity contribution in [2.45, 2.75) is 82.6 Å². The predicted octanol–water partition coefficient (Wildman–Crippen LogP) is 4.00. The Labute approximate surface area is 172 Å². The Morgan fingerprint density at radius 3 is 2.43 bits per heavy atom. The van der Waals surface area contributed by atoms with Crippen LogP contribution in [0.3, 0.4) is 0 Å². The number of pyridine rings is 1. The van der Waals surface area contributed by atoms with Gasteiger partial charge in [-0.05, 0) is 72.1 Å². The van der Waals surface area contributed by atoms with E-state index in [0.29, 0.717) is 18.2 Å². The standard InChI is InChI=1S/C21H33N3O3S/c1-20(2,3)23-18(25)17-13-16(28-14-15-7-10-22-11-8-15)9-12-24(17)19(26)27-21(4,5)6/h7-8,10-11,16-17H,9,12-14H2,1-6H3,(H,23,25)/t16-,17+/m1/s1. The highest BCUT2D eigenvalue weighted by Crippen LogP contribution is 2.31. The average Bonchev–Trinajstić information content (AvgIpc) is 2.57. The smallest absolute Gasteiger partial charge is 0.410 e. The van der Waals surface area contributed by atoms with Crippen molar-refractivity contribution in [1.82, 2.24) is 15.2 Å². The highest BCUT2D eigenvalue weighted by Gasteiger charge is 2.39. The Morgan fingerprint density at radius 2 is 1.86 bits per heavy atom. The molecule has 1 N–H and O–H groups in total. The fraction of sp³-hybridized carbons (Fsp3) is 0.667. The van der Waals surface area contributed by atoms with Gasteiger partial charge < -0.3 is 10.1 Å². The maximum Gasteiger partial charge on any atom is 0.410 e. The van der Waals surface area contributed by atoms with Gasteiger partial charge in [0.05, 0.1) is 0 Å². The maximum absolute atomic E-state index is 12.9. The summed E-state index contributed by atoms with van der Waals surface area (Å²) in [4.78, 5) is 31.3. The summed E-state index contributed by atoms with van der Waals surface area (Å²) in [5.41, 5.74) is 0.272. The Kier molecular flexibility index (Phi) is 7.37. The monoisotopic (exact) mass is 407 g/mol. The van der Waals surface area contributed by atoms with Gasteiger partial charge in [-0.15, -0.1) is 0 Å². The summed E-state index contributed by atoms with van der Waals surface area (Å²) >= 11 is 1.83. The van der Waals surface area contributed by atoms with Crippen molar-refractivity contribution in [1.29, 1.82) is 0 Å². The number of carbonyl (C=O) groups is 2. The lowest BCUT2D eigenvalue weighted by Crippen LogP contribution is -2.57. The first-order valence-electron chi connectivity index (χ1n) is 9.77. The van der Waals surface area contributed by atoms with E-state index in [9.17, 15) is 9.59 Å². The number of nitrogens with one attached hydrogen (secondary N) is 1. The van der Waals surface area contributed by atoms with Gasteiger partial charge in [-0.3, -0.25) is 14.7 Å². The molecule has 1 aromatic rings. The normalized spacial score (nSPS) is 20.6. The minimum absolute atomic E-state index is 0.118. The zero-order chi connectivity index (χ0) is 20.9. The molecule has 0 aliphatic carbocycles. The van der Waals surface area contributed by atoms with Crippen molar-refractivity contribution in [3.63, 3.8) is 0 Å². The second-order valence-corrected chi connectivity index (χ2v) is 10.5. The van der Waals surface area contributed by atoms with Crippen molar-refractivity contribution in [3.05, 3.63) is 30.1 Å². The molecule has 2 heterocycles. The minimum atomic E-state index is -0.588. The highest BCUT2D eigenvalue weighted by molar-refractivity contribution is 7.99. The van der Waals surface area contributed by atoms with Crippen LogP contribution in [-0.4, -0.2) is 50.9 Å². The molecule has 6 nitrogen and oxygen atoms in total. The van der Waals surface area contributed by atoms with E-state index < -0.39 is 17.7 Å². The second-order valence-electron chi connectivity index (χ2n) is 9.24. The number of aromatic nitrogens is 1. The van der Waals surface area contributed by atoms with Crippen LogP contribution < -0.4 is 5.32 Å². The summed E-state index contributed by atoms with van der Waals surface area (Å²) in [7, 11) is 0. The number of ether oxygens (including phenoxy) is 1. The molecule has 2 rings (SSSR count). The number of rotatable bonds is 4. The van der Waals surface area contributed by atoms with Gasteiger partial charge in [-0.1, -0.05) is 0 Å². The first-order chi connectivity index (χ1) is 12.9. The molecule has 1 saturated heterocycles. The molecule has 1 aliphatic heterocycles. The van der Waals surface area contributed by atoms with Crippen LogP contribution in [-0.2, 0) is 15.3 Å². The molecule has 1 aliphatic rings. The van der Waals surface area contributed by atoms with Crippen molar-refractivity contribution >= 4 is 23.8 Å². The molecule has 7 heteroatoms. The molecule has 0 saturated carbocycles. The number of likely N-dealkylation sites (tertiary alicyclic amines) is 1. The maximum atomic E-state index is 12.9. The van der Waals surface area contributed by atoms with Gasteiger partial charge in [0.15, 0.2) is 0 Å². The molecule has 1 aromatic heterocycles. The lowest BCUT2D eigenvalue weighted by molar-refractivity contribution is -0.129. The predicted molar refractivity (Wildman–Crippen MR) is 113 cm³/mol. The molecule has 0 unspecified atom stereocenters. The number of carbonyl (C=O) groups excluding carboxylic acids is 2. The molecule has 0 spiro atoms. The van der Waals surface area contributed by atoms with E-state index in [1.807, 2.05) is 65.4 Å². The summed E-state index contributed by atoms with van der Waals surface area (Å²) in [6.07, 6.45) is 4.63.